The summed E-state index contributed by atoms with van der Waals surface area (Å²) in [4.78, 5) is 18.2. The van der Waals surface area contributed by atoms with Crippen molar-refractivity contribution in [3.8, 4) is 0 Å². The smallest absolute Gasteiger partial charge is 0.244 e. The van der Waals surface area contributed by atoms with Crippen molar-refractivity contribution in [2.45, 2.75) is 25.5 Å². The van der Waals surface area contributed by atoms with Crippen LogP contribution in [0.5, 0.6) is 0 Å². The van der Waals surface area contributed by atoms with E-state index in [4.69, 9.17) is 5.73 Å². The summed E-state index contributed by atoms with van der Waals surface area (Å²) in [6, 6.07) is 5.51. The maximum Gasteiger partial charge on any atom is 0.244 e. The summed E-state index contributed by atoms with van der Waals surface area (Å²) in [5.74, 6) is 0.153. The first-order valence-electron chi connectivity index (χ1n) is 7.53. The fourth-order valence-electron chi connectivity index (χ4n) is 2.81. The van der Waals surface area contributed by atoms with E-state index in [2.05, 4.69) is 20.5 Å². The van der Waals surface area contributed by atoms with Gasteiger partial charge >= 0.3 is 0 Å². The van der Waals surface area contributed by atoms with E-state index in [-0.39, 0.29) is 24.3 Å². The van der Waals surface area contributed by atoms with E-state index in [0.717, 1.165) is 12.8 Å². The number of aliphatic hydroxyl groups excluding tert-OH is 1. The number of hydrogen-bond acceptors (Lipinski definition) is 7. The first-order chi connectivity index (χ1) is 11.1. The van der Waals surface area contributed by atoms with Gasteiger partial charge in [-0.3, -0.25) is 9.78 Å². The highest BCUT2D eigenvalue weighted by Gasteiger charge is 2.29. The van der Waals surface area contributed by atoms with Crippen LogP contribution in [0.15, 0.2) is 24.4 Å². The molecule has 1 atom stereocenters. The number of carbonyl (C=O) groups excluding carboxylic acids is 1. The highest BCUT2D eigenvalue weighted by Crippen LogP contribution is 2.29. The van der Waals surface area contributed by atoms with Crippen LogP contribution in [0.25, 0.3) is 0 Å². The molecule has 1 saturated heterocycles. The third-order valence-corrected chi connectivity index (χ3v) is 4.17. The number of likely N-dealkylation sites (tertiary alicyclic amines) is 1. The molecular formula is C14H19N7O2. The number of anilines is 1. The molecule has 9 nitrogen and oxygen atoms in total. The van der Waals surface area contributed by atoms with E-state index < -0.39 is 6.10 Å². The third-order valence-electron chi connectivity index (χ3n) is 4.17. The van der Waals surface area contributed by atoms with Crippen molar-refractivity contribution < 1.29 is 9.90 Å². The lowest BCUT2D eigenvalue weighted by molar-refractivity contribution is -0.134. The number of tetrazole rings is 1. The van der Waals surface area contributed by atoms with E-state index in [1.165, 1.54) is 4.68 Å². The maximum absolute atomic E-state index is 12.2. The fourth-order valence-corrected chi connectivity index (χ4v) is 2.81. The Morgan fingerprint density at radius 2 is 2.17 bits per heavy atom. The fraction of sp³-hybridized carbons (Fsp3) is 0.500. The lowest BCUT2D eigenvalue weighted by Crippen LogP contribution is -2.41. The quantitative estimate of drug-likeness (QED) is 0.788. The average Bonchev–Trinajstić information content (AvgIpc) is 3.00. The van der Waals surface area contributed by atoms with Crippen LogP contribution in [-0.2, 0) is 11.3 Å². The molecule has 0 radical (unpaired) electrons. The van der Waals surface area contributed by atoms with Crippen molar-refractivity contribution >= 4 is 11.9 Å². The van der Waals surface area contributed by atoms with Gasteiger partial charge in [0, 0.05) is 19.3 Å². The van der Waals surface area contributed by atoms with E-state index >= 15 is 0 Å². The van der Waals surface area contributed by atoms with Gasteiger partial charge in [-0.2, -0.15) is 0 Å². The van der Waals surface area contributed by atoms with Crippen molar-refractivity contribution in [3.63, 3.8) is 0 Å². The Balaban J connectivity index is 1.54. The minimum absolute atomic E-state index is 0.0340. The van der Waals surface area contributed by atoms with Gasteiger partial charge in [0.15, 0.2) is 0 Å². The van der Waals surface area contributed by atoms with Crippen LogP contribution in [0.4, 0.5) is 5.95 Å². The normalized spacial score (nSPS) is 17.2. The van der Waals surface area contributed by atoms with Crippen LogP contribution in [0.1, 0.15) is 24.6 Å². The maximum atomic E-state index is 12.2. The molecule has 0 saturated carbocycles. The van der Waals surface area contributed by atoms with Crippen LogP contribution >= 0.6 is 0 Å². The summed E-state index contributed by atoms with van der Waals surface area (Å²) in [6.07, 6.45) is 2.54. The second-order valence-corrected chi connectivity index (χ2v) is 5.61. The van der Waals surface area contributed by atoms with Gasteiger partial charge in [-0.1, -0.05) is 11.2 Å². The van der Waals surface area contributed by atoms with Gasteiger partial charge < -0.3 is 15.7 Å². The Morgan fingerprint density at radius 3 is 2.78 bits per heavy atom. The molecule has 0 bridgehead atoms. The van der Waals surface area contributed by atoms with E-state index in [0.29, 0.717) is 18.8 Å². The molecule has 2 aromatic rings. The Hall–Kier alpha value is -2.55. The lowest BCUT2D eigenvalue weighted by atomic mass is 9.89. The molecule has 3 rings (SSSR count). The zero-order valence-electron chi connectivity index (χ0n) is 12.6. The minimum Gasteiger partial charge on any atom is -0.387 e. The molecule has 2 aromatic heterocycles. The summed E-state index contributed by atoms with van der Waals surface area (Å²) in [5.41, 5.74) is 6.24. The van der Waals surface area contributed by atoms with E-state index in [1.807, 2.05) is 18.2 Å². The Labute approximate surface area is 133 Å². The summed E-state index contributed by atoms with van der Waals surface area (Å²) < 4.78 is 1.27. The SMILES string of the molecule is Nc1nnnn1CC(=O)N1CCC([C@H](O)c2ccccn2)CC1. The van der Waals surface area contributed by atoms with Crippen molar-refractivity contribution in [2.75, 3.05) is 18.8 Å². The number of nitrogens with two attached hydrogens (primary N) is 1. The minimum atomic E-state index is -0.594. The van der Waals surface area contributed by atoms with Gasteiger partial charge in [-0.15, -0.1) is 0 Å². The van der Waals surface area contributed by atoms with Crippen LogP contribution < -0.4 is 5.73 Å². The first-order valence-corrected chi connectivity index (χ1v) is 7.53. The Kier molecular flexibility index (Phi) is 4.47. The standard InChI is InChI=1S/C14H19N7O2/c15-14-17-18-19-21(14)9-12(22)20-7-4-10(5-8-20)13(23)11-3-1-2-6-16-11/h1-3,6,10,13,23H,4-5,7-9H2,(H2,15,17,19)/t13-/m0/s1. The molecule has 3 N–H and O–H groups in total. The predicted molar refractivity (Wildman–Crippen MR) is 80.7 cm³/mol. The number of carbonyl (C=O) groups is 1. The van der Waals surface area contributed by atoms with Crippen molar-refractivity contribution in [1.82, 2.24) is 30.1 Å². The molecule has 0 aromatic carbocycles. The predicted octanol–water partition coefficient (Wildman–Crippen LogP) is -0.377. The van der Waals surface area contributed by atoms with Crippen LogP contribution in [0, 0.1) is 5.92 Å². The summed E-state index contributed by atoms with van der Waals surface area (Å²) in [6.45, 7) is 1.22. The van der Waals surface area contributed by atoms with Gasteiger partial charge in [0.2, 0.25) is 11.9 Å². The number of pyridine rings is 1. The molecule has 0 spiro atoms. The molecule has 23 heavy (non-hydrogen) atoms. The molecule has 1 amide bonds. The number of hydrogen-bond donors (Lipinski definition) is 2. The number of nitrogens with zero attached hydrogens (tertiary/aromatic N) is 6. The van der Waals surface area contributed by atoms with Gasteiger partial charge in [-0.05, 0) is 41.3 Å². The van der Waals surface area contributed by atoms with Crippen molar-refractivity contribution in [3.05, 3.63) is 30.1 Å². The Morgan fingerprint density at radius 1 is 1.39 bits per heavy atom. The van der Waals surface area contributed by atoms with E-state index in [9.17, 15) is 9.90 Å². The monoisotopic (exact) mass is 317 g/mol. The zero-order valence-corrected chi connectivity index (χ0v) is 12.6. The van der Waals surface area contributed by atoms with Gasteiger partial charge in [0.1, 0.15) is 6.54 Å². The summed E-state index contributed by atoms with van der Waals surface area (Å²) in [7, 11) is 0. The first kappa shape index (κ1) is 15.3. The number of aromatic nitrogens is 5. The number of nitrogen functional groups attached to an aromatic ring is 1. The zero-order chi connectivity index (χ0) is 16.2. The Bertz CT molecular complexity index is 652. The highest BCUT2D eigenvalue weighted by atomic mass is 16.3. The van der Waals surface area contributed by atoms with Gasteiger partial charge in [0.05, 0.1) is 11.8 Å². The summed E-state index contributed by atoms with van der Waals surface area (Å²) in [5, 5.41) is 21.0. The molecule has 1 aliphatic heterocycles. The van der Waals surface area contributed by atoms with Crippen LogP contribution in [0.3, 0.4) is 0 Å². The topological polar surface area (TPSA) is 123 Å². The van der Waals surface area contributed by atoms with Gasteiger partial charge in [0.25, 0.3) is 0 Å². The van der Waals surface area contributed by atoms with E-state index in [1.54, 1.807) is 11.1 Å². The molecule has 3 heterocycles. The molecule has 1 aliphatic rings. The molecular weight excluding hydrogens is 298 g/mol. The molecule has 0 aliphatic carbocycles. The second kappa shape index (κ2) is 6.69. The molecule has 0 unspecified atom stereocenters. The number of aliphatic hydroxyl groups is 1. The molecule has 122 valence electrons. The van der Waals surface area contributed by atoms with Crippen molar-refractivity contribution in [1.29, 1.82) is 0 Å². The molecule has 9 heteroatoms. The number of rotatable bonds is 4. The lowest BCUT2D eigenvalue weighted by Gasteiger charge is -2.34. The second-order valence-electron chi connectivity index (χ2n) is 5.61. The highest BCUT2D eigenvalue weighted by molar-refractivity contribution is 5.76. The van der Waals surface area contributed by atoms with Crippen LogP contribution in [-0.4, -0.2) is 54.2 Å². The third kappa shape index (κ3) is 3.45. The largest absolute Gasteiger partial charge is 0.387 e. The number of piperidine rings is 1. The van der Waals surface area contributed by atoms with Gasteiger partial charge in [-0.25, -0.2) is 4.68 Å². The summed E-state index contributed by atoms with van der Waals surface area (Å²) >= 11 is 0. The number of amides is 1. The molecule has 1 fully saturated rings. The average molecular weight is 317 g/mol. The van der Waals surface area contributed by atoms with Crippen LogP contribution in [0.2, 0.25) is 0 Å². The van der Waals surface area contributed by atoms with Crippen molar-refractivity contribution in [2.24, 2.45) is 5.92 Å².